The van der Waals surface area contributed by atoms with Crippen molar-refractivity contribution in [2.45, 2.75) is 45.6 Å². The van der Waals surface area contributed by atoms with Crippen LogP contribution in [0.25, 0.3) is 0 Å². The van der Waals surface area contributed by atoms with Gasteiger partial charge in [-0.25, -0.2) is 4.79 Å². The van der Waals surface area contributed by atoms with Crippen LogP contribution in [0.1, 0.15) is 65.5 Å². The number of carbonyl (C=O) groups excluding carboxylic acids is 2. The molecule has 1 heterocycles. The fourth-order valence-corrected chi connectivity index (χ4v) is 3.18. The molecule has 0 aliphatic carbocycles. The minimum absolute atomic E-state index is 0.0523. The third-order valence-corrected chi connectivity index (χ3v) is 4.95. The van der Waals surface area contributed by atoms with Gasteiger partial charge in [-0.3, -0.25) is 4.79 Å². The van der Waals surface area contributed by atoms with E-state index < -0.39 is 0 Å². The number of esters is 1. The van der Waals surface area contributed by atoms with E-state index in [9.17, 15) is 9.59 Å². The maximum Gasteiger partial charge on any atom is 0.338 e. The highest BCUT2D eigenvalue weighted by Gasteiger charge is 2.19. The molecule has 0 bridgehead atoms. The van der Waals surface area contributed by atoms with Crippen LogP contribution in [0.3, 0.4) is 0 Å². The van der Waals surface area contributed by atoms with Crippen LogP contribution in [0, 0.1) is 0 Å². The number of ether oxygens (including phenoxy) is 1. The first-order valence-electron chi connectivity index (χ1n) is 9.50. The molecule has 0 radical (unpaired) electrons. The van der Waals surface area contributed by atoms with Crippen LogP contribution in [-0.4, -0.2) is 29.9 Å². The van der Waals surface area contributed by atoms with Crippen LogP contribution in [0.2, 0.25) is 0 Å². The Hall–Kier alpha value is -2.62. The molecule has 3 rings (SSSR count). The van der Waals surface area contributed by atoms with Crippen molar-refractivity contribution in [2.75, 3.05) is 13.1 Å². The van der Waals surface area contributed by atoms with E-state index in [1.807, 2.05) is 41.3 Å². The summed E-state index contributed by atoms with van der Waals surface area (Å²) in [5, 5.41) is 0. The molecule has 1 aliphatic rings. The maximum absolute atomic E-state index is 12.3. The summed E-state index contributed by atoms with van der Waals surface area (Å²) in [6, 6.07) is 14.9. The molecule has 1 amide bonds. The summed E-state index contributed by atoms with van der Waals surface area (Å²) < 4.78 is 5.41. The highest BCUT2D eigenvalue weighted by Crippen LogP contribution is 2.22. The summed E-state index contributed by atoms with van der Waals surface area (Å²) in [6.07, 6.45) is 2.16. The fourth-order valence-electron chi connectivity index (χ4n) is 3.18. The van der Waals surface area contributed by atoms with E-state index in [1.54, 1.807) is 12.1 Å². The van der Waals surface area contributed by atoms with E-state index in [-0.39, 0.29) is 23.9 Å². The van der Waals surface area contributed by atoms with Gasteiger partial charge in [0.2, 0.25) is 0 Å². The lowest BCUT2D eigenvalue weighted by Crippen LogP contribution is -2.27. The van der Waals surface area contributed by atoms with E-state index in [2.05, 4.69) is 20.8 Å². The van der Waals surface area contributed by atoms with Crippen molar-refractivity contribution < 1.29 is 14.3 Å². The molecule has 0 aromatic heterocycles. The largest absolute Gasteiger partial charge is 0.457 e. The molecular formula is C23H27NO3. The Balaban J connectivity index is 1.56. The summed E-state index contributed by atoms with van der Waals surface area (Å²) in [6.45, 7) is 8.28. The topological polar surface area (TPSA) is 46.6 Å². The first-order chi connectivity index (χ1) is 12.8. The molecule has 0 atom stereocenters. The molecule has 4 nitrogen and oxygen atoms in total. The predicted molar refractivity (Wildman–Crippen MR) is 106 cm³/mol. The van der Waals surface area contributed by atoms with E-state index >= 15 is 0 Å². The van der Waals surface area contributed by atoms with Crippen molar-refractivity contribution in [3.8, 4) is 0 Å². The number of benzene rings is 2. The number of rotatable bonds is 4. The Morgan fingerprint density at radius 2 is 1.44 bits per heavy atom. The van der Waals surface area contributed by atoms with E-state index in [0.29, 0.717) is 11.1 Å². The number of amides is 1. The Morgan fingerprint density at radius 1 is 0.889 bits per heavy atom. The monoisotopic (exact) mass is 365 g/mol. The molecule has 1 aliphatic heterocycles. The summed E-state index contributed by atoms with van der Waals surface area (Å²) >= 11 is 0. The highest BCUT2D eigenvalue weighted by atomic mass is 16.5. The smallest absolute Gasteiger partial charge is 0.338 e. The van der Waals surface area contributed by atoms with Gasteiger partial charge in [-0.1, -0.05) is 45.0 Å². The molecule has 4 heteroatoms. The molecule has 0 saturated carbocycles. The molecular weight excluding hydrogens is 338 g/mol. The van der Waals surface area contributed by atoms with Gasteiger partial charge in [-0.2, -0.15) is 0 Å². The molecule has 27 heavy (non-hydrogen) atoms. The summed E-state index contributed by atoms with van der Waals surface area (Å²) in [7, 11) is 0. The van der Waals surface area contributed by atoms with Crippen molar-refractivity contribution >= 4 is 11.9 Å². The van der Waals surface area contributed by atoms with Crippen LogP contribution in [0.4, 0.5) is 0 Å². The minimum atomic E-state index is -0.340. The molecule has 142 valence electrons. The number of hydrogen-bond donors (Lipinski definition) is 0. The van der Waals surface area contributed by atoms with Crippen molar-refractivity contribution in [1.82, 2.24) is 4.90 Å². The number of nitrogens with zero attached hydrogens (tertiary/aromatic N) is 1. The third kappa shape index (κ3) is 4.76. The SMILES string of the molecule is CC(C)(C)c1ccc(C(=O)OCc2ccc(C(=O)N3CCCC3)cc2)cc1. The maximum atomic E-state index is 12.3. The van der Waals surface area contributed by atoms with E-state index in [1.165, 1.54) is 5.56 Å². The second-order valence-electron chi connectivity index (χ2n) is 8.10. The molecule has 1 saturated heterocycles. The van der Waals surface area contributed by atoms with Gasteiger partial charge in [0.05, 0.1) is 5.56 Å². The van der Waals surface area contributed by atoms with Crippen LogP contribution in [0.5, 0.6) is 0 Å². The summed E-state index contributed by atoms with van der Waals surface area (Å²) in [5.74, 6) is -0.261. The van der Waals surface area contributed by atoms with Gasteiger partial charge in [-0.15, -0.1) is 0 Å². The molecule has 2 aromatic rings. The van der Waals surface area contributed by atoms with Crippen molar-refractivity contribution in [3.63, 3.8) is 0 Å². The van der Waals surface area contributed by atoms with Crippen molar-refractivity contribution in [3.05, 3.63) is 70.8 Å². The highest BCUT2D eigenvalue weighted by molar-refractivity contribution is 5.94. The number of carbonyl (C=O) groups is 2. The molecule has 0 N–H and O–H groups in total. The average molecular weight is 365 g/mol. The average Bonchev–Trinajstić information content (AvgIpc) is 3.20. The Kier molecular flexibility index (Phi) is 5.64. The lowest BCUT2D eigenvalue weighted by atomic mass is 9.87. The first-order valence-corrected chi connectivity index (χ1v) is 9.50. The second-order valence-corrected chi connectivity index (χ2v) is 8.10. The normalized spacial score (nSPS) is 14.3. The summed E-state index contributed by atoms with van der Waals surface area (Å²) in [5.41, 5.74) is 3.33. The van der Waals surface area contributed by atoms with Gasteiger partial charge in [0.15, 0.2) is 0 Å². The van der Waals surface area contributed by atoms with Gasteiger partial charge < -0.3 is 9.64 Å². The molecule has 1 fully saturated rings. The summed E-state index contributed by atoms with van der Waals surface area (Å²) in [4.78, 5) is 26.5. The first kappa shape index (κ1) is 19.2. The minimum Gasteiger partial charge on any atom is -0.457 e. The van der Waals surface area contributed by atoms with Gasteiger partial charge in [-0.05, 0) is 53.6 Å². The third-order valence-electron chi connectivity index (χ3n) is 4.95. The molecule has 0 spiro atoms. The van der Waals surface area contributed by atoms with Crippen LogP contribution >= 0.6 is 0 Å². The lowest BCUT2D eigenvalue weighted by Gasteiger charge is -2.19. The van der Waals surface area contributed by atoms with Crippen molar-refractivity contribution in [2.24, 2.45) is 0 Å². The standard InChI is InChI=1S/C23H27NO3/c1-23(2,3)20-12-10-19(11-13-20)22(26)27-16-17-6-8-18(9-7-17)21(25)24-14-4-5-15-24/h6-13H,4-5,14-16H2,1-3H3. The lowest BCUT2D eigenvalue weighted by molar-refractivity contribution is 0.0472. The fraction of sp³-hybridized carbons (Fsp3) is 0.391. The Labute approximate surface area is 161 Å². The van der Waals surface area contributed by atoms with E-state index in [4.69, 9.17) is 4.74 Å². The van der Waals surface area contributed by atoms with Crippen LogP contribution in [0.15, 0.2) is 48.5 Å². The van der Waals surface area contributed by atoms with Crippen LogP contribution in [-0.2, 0) is 16.8 Å². The quantitative estimate of drug-likeness (QED) is 0.745. The van der Waals surface area contributed by atoms with E-state index in [0.717, 1.165) is 31.5 Å². The second kappa shape index (κ2) is 7.95. The molecule has 0 unspecified atom stereocenters. The number of hydrogen-bond acceptors (Lipinski definition) is 3. The van der Waals surface area contributed by atoms with Gasteiger partial charge in [0.25, 0.3) is 5.91 Å². The molecule has 2 aromatic carbocycles. The van der Waals surface area contributed by atoms with Crippen LogP contribution < -0.4 is 0 Å². The number of likely N-dealkylation sites (tertiary alicyclic amines) is 1. The van der Waals surface area contributed by atoms with Gasteiger partial charge in [0, 0.05) is 18.7 Å². The zero-order chi connectivity index (χ0) is 19.4. The Bertz CT molecular complexity index is 795. The van der Waals surface area contributed by atoms with Crippen molar-refractivity contribution in [1.29, 1.82) is 0 Å². The zero-order valence-electron chi connectivity index (χ0n) is 16.3. The zero-order valence-corrected chi connectivity index (χ0v) is 16.3. The van der Waals surface area contributed by atoms with Gasteiger partial charge >= 0.3 is 5.97 Å². The van der Waals surface area contributed by atoms with Gasteiger partial charge in [0.1, 0.15) is 6.61 Å². The predicted octanol–water partition coefficient (Wildman–Crippen LogP) is 4.58. The Morgan fingerprint density at radius 3 is 2.00 bits per heavy atom.